The van der Waals surface area contributed by atoms with Gasteiger partial charge in [-0.15, -0.1) is 0 Å². The van der Waals surface area contributed by atoms with E-state index < -0.39 is 0 Å². The molecule has 0 spiro atoms. The molecule has 18 heavy (non-hydrogen) atoms. The molecule has 0 amide bonds. The number of fused-ring (bicyclic) bond motifs is 2. The van der Waals surface area contributed by atoms with Crippen LogP contribution in [-0.4, -0.2) is 5.78 Å². The van der Waals surface area contributed by atoms with Gasteiger partial charge in [-0.1, -0.05) is 51.1 Å². The summed E-state index contributed by atoms with van der Waals surface area (Å²) in [6.45, 7) is 6.67. The third-order valence-corrected chi connectivity index (χ3v) is 5.49. The van der Waals surface area contributed by atoms with Gasteiger partial charge in [-0.3, -0.25) is 4.79 Å². The third-order valence-electron chi connectivity index (χ3n) is 5.49. The van der Waals surface area contributed by atoms with Gasteiger partial charge in [-0.2, -0.15) is 0 Å². The van der Waals surface area contributed by atoms with E-state index in [1.165, 1.54) is 0 Å². The van der Waals surface area contributed by atoms with Crippen molar-refractivity contribution in [1.29, 1.82) is 0 Å². The molecule has 0 radical (unpaired) electrons. The van der Waals surface area contributed by atoms with Gasteiger partial charge in [0.1, 0.15) is 0 Å². The van der Waals surface area contributed by atoms with Crippen molar-refractivity contribution in [2.45, 2.75) is 33.6 Å². The Hall–Kier alpha value is -1.37. The van der Waals surface area contributed by atoms with Gasteiger partial charge < -0.3 is 0 Å². The first-order valence-corrected chi connectivity index (χ1v) is 6.78. The Labute approximate surface area is 109 Å². The van der Waals surface area contributed by atoms with E-state index in [9.17, 15) is 4.79 Å². The molecule has 1 heteroatoms. The Bertz CT molecular complexity index is 524. The Kier molecular flexibility index (Phi) is 2.32. The van der Waals surface area contributed by atoms with Gasteiger partial charge in [-0.25, -0.2) is 0 Å². The molecule has 2 atom stereocenters. The number of hydrogen-bond donors (Lipinski definition) is 0. The summed E-state index contributed by atoms with van der Waals surface area (Å²) < 4.78 is 0. The molecule has 2 bridgehead atoms. The van der Waals surface area contributed by atoms with Crippen molar-refractivity contribution in [3.63, 3.8) is 0 Å². The maximum Gasteiger partial charge on any atom is 0.165 e. The number of rotatable bonds is 1. The Morgan fingerprint density at radius 2 is 1.83 bits per heavy atom. The summed E-state index contributed by atoms with van der Waals surface area (Å²) in [5.74, 6) is 0.822. The normalized spacial score (nSPS) is 35.4. The molecule has 2 fully saturated rings. The summed E-state index contributed by atoms with van der Waals surface area (Å²) in [7, 11) is 0. The van der Waals surface area contributed by atoms with Crippen LogP contribution in [0.2, 0.25) is 0 Å². The van der Waals surface area contributed by atoms with E-state index in [0.717, 1.165) is 24.0 Å². The second-order valence-corrected chi connectivity index (χ2v) is 6.48. The molecule has 2 saturated carbocycles. The first kappa shape index (κ1) is 11.7. The lowest BCUT2D eigenvalue weighted by Crippen LogP contribution is -2.32. The van der Waals surface area contributed by atoms with Crippen LogP contribution in [-0.2, 0) is 4.79 Å². The van der Waals surface area contributed by atoms with Crippen LogP contribution < -0.4 is 0 Å². The predicted octanol–water partition coefficient (Wildman–Crippen LogP) is 4.10. The summed E-state index contributed by atoms with van der Waals surface area (Å²) in [5.41, 5.74) is 2.18. The maximum absolute atomic E-state index is 12.6. The molecule has 1 aromatic rings. The molecule has 2 aliphatic rings. The minimum atomic E-state index is -0.141. The molecule has 0 aromatic heterocycles. The Balaban J connectivity index is 2.07. The van der Waals surface area contributed by atoms with E-state index in [4.69, 9.17) is 0 Å². The van der Waals surface area contributed by atoms with Gasteiger partial charge in [0.25, 0.3) is 0 Å². The standard InChI is InChI=1S/C17H20O/c1-16(2)14-9-10-17(16,3)15(18)13(14)11-12-7-5-4-6-8-12/h4-8,11,14H,9-10H2,1-3H3/b13-11-/t14-,17+/m0/s1. The van der Waals surface area contributed by atoms with Crippen molar-refractivity contribution >= 4 is 11.9 Å². The van der Waals surface area contributed by atoms with E-state index in [2.05, 4.69) is 39.0 Å². The summed E-state index contributed by atoms with van der Waals surface area (Å²) in [4.78, 5) is 12.6. The van der Waals surface area contributed by atoms with Crippen LogP contribution >= 0.6 is 0 Å². The summed E-state index contributed by atoms with van der Waals surface area (Å²) in [6.07, 6.45) is 4.32. The van der Waals surface area contributed by atoms with E-state index in [-0.39, 0.29) is 10.8 Å². The number of Topliss-reactive ketones (excluding diaryl/α,β-unsaturated/α-hetero) is 1. The molecular formula is C17H20O. The van der Waals surface area contributed by atoms with Crippen molar-refractivity contribution in [3.05, 3.63) is 41.5 Å². The number of carbonyl (C=O) groups is 1. The molecule has 94 valence electrons. The number of hydrogen-bond acceptors (Lipinski definition) is 1. The van der Waals surface area contributed by atoms with Crippen LogP contribution in [0.4, 0.5) is 0 Å². The smallest absolute Gasteiger partial charge is 0.165 e. The van der Waals surface area contributed by atoms with Gasteiger partial charge in [0, 0.05) is 5.41 Å². The van der Waals surface area contributed by atoms with Crippen molar-refractivity contribution < 1.29 is 4.79 Å². The predicted molar refractivity (Wildman–Crippen MR) is 74.0 cm³/mol. The minimum absolute atomic E-state index is 0.116. The highest BCUT2D eigenvalue weighted by atomic mass is 16.1. The lowest BCUT2D eigenvalue weighted by molar-refractivity contribution is -0.125. The fourth-order valence-corrected chi connectivity index (χ4v) is 3.82. The maximum atomic E-state index is 12.6. The van der Waals surface area contributed by atoms with Crippen LogP contribution in [0.15, 0.2) is 35.9 Å². The largest absolute Gasteiger partial charge is 0.294 e. The van der Waals surface area contributed by atoms with Crippen LogP contribution in [0.1, 0.15) is 39.2 Å². The molecule has 3 rings (SSSR count). The monoisotopic (exact) mass is 240 g/mol. The molecule has 0 unspecified atom stereocenters. The molecule has 1 aromatic carbocycles. The average Bonchev–Trinajstić information content (AvgIpc) is 2.65. The zero-order valence-electron chi connectivity index (χ0n) is 11.4. The fourth-order valence-electron chi connectivity index (χ4n) is 3.82. The molecule has 0 aliphatic heterocycles. The van der Waals surface area contributed by atoms with E-state index in [1.807, 2.05) is 18.2 Å². The number of allylic oxidation sites excluding steroid dienone is 1. The highest BCUT2D eigenvalue weighted by molar-refractivity contribution is 6.07. The second kappa shape index (κ2) is 3.57. The molecule has 0 heterocycles. The quantitative estimate of drug-likeness (QED) is 0.675. The first-order chi connectivity index (χ1) is 8.47. The van der Waals surface area contributed by atoms with Crippen LogP contribution in [0.5, 0.6) is 0 Å². The topological polar surface area (TPSA) is 17.1 Å². The van der Waals surface area contributed by atoms with Crippen LogP contribution in [0, 0.1) is 16.7 Å². The number of carbonyl (C=O) groups excluding carboxylic acids is 1. The Morgan fingerprint density at radius 1 is 1.17 bits per heavy atom. The zero-order chi connectivity index (χ0) is 13.0. The van der Waals surface area contributed by atoms with Crippen molar-refractivity contribution in [3.8, 4) is 0 Å². The molecule has 1 nitrogen and oxygen atoms in total. The lowest BCUT2D eigenvalue weighted by atomic mass is 9.70. The van der Waals surface area contributed by atoms with Gasteiger partial charge in [0.2, 0.25) is 0 Å². The molecule has 2 aliphatic carbocycles. The van der Waals surface area contributed by atoms with Crippen molar-refractivity contribution in [2.75, 3.05) is 0 Å². The van der Waals surface area contributed by atoms with Crippen LogP contribution in [0.25, 0.3) is 6.08 Å². The highest BCUT2D eigenvalue weighted by Crippen LogP contribution is 2.65. The number of ketones is 1. The average molecular weight is 240 g/mol. The molecular weight excluding hydrogens is 220 g/mol. The summed E-state index contributed by atoms with van der Waals surface area (Å²) >= 11 is 0. The first-order valence-electron chi connectivity index (χ1n) is 6.78. The summed E-state index contributed by atoms with van der Waals surface area (Å²) in [5, 5.41) is 0. The fraction of sp³-hybridized carbons (Fsp3) is 0.471. The SMILES string of the molecule is CC1(C)[C@H]2CC[C@]1(C)C(=O)/C2=C\c1ccccc1. The second-order valence-electron chi connectivity index (χ2n) is 6.48. The van der Waals surface area contributed by atoms with E-state index in [0.29, 0.717) is 11.7 Å². The number of benzene rings is 1. The molecule has 0 saturated heterocycles. The van der Waals surface area contributed by atoms with Crippen LogP contribution in [0.3, 0.4) is 0 Å². The van der Waals surface area contributed by atoms with E-state index >= 15 is 0 Å². The summed E-state index contributed by atoms with van der Waals surface area (Å²) in [6, 6.07) is 10.2. The zero-order valence-corrected chi connectivity index (χ0v) is 11.4. The minimum Gasteiger partial charge on any atom is -0.294 e. The van der Waals surface area contributed by atoms with Gasteiger partial charge in [0.05, 0.1) is 0 Å². The van der Waals surface area contributed by atoms with Gasteiger partial charge in [-0.05, 0) is 41.4 Å². The highest BCUT2D eigenvalue weighted by Gasteiger charge is 2.63. The lowest BCUT2D eigenvalue weighted by Gasteiger charge is -2.31. The van der Waals surface area contributed by atoms with Gasteiger partial charge in [0.15, 0.2) is 5.78 Å². The van der Waals surface area contributed by atoms with E-state index in [1.54, 1.807) is 0 Å². The van der Waals surface area contributed by atoms with Crippen molar-refractivity contribution in [2.24, 2.45) is 16.7 Å². The third kappa shape index (κ3) is 1.31. The van der Waals surface area contributed by atoms with Gasteiger partial charge >= 0.3 is 0 Å². The van der Waals surface area contributed by atoms with Crippen molar-refractivity contribution in [1.82, 2.24) is 0 Å². The molecule has 0 N–H and O–H groups in total. The Morgan fingerprint density at radius 3 is 2.39 bits per heavy atom.